The normalized spacial score (nSPS) is 9.96. The van der Waals surface area contributed by atoms with Crippen LogP contribution in [0.25, 0.3) is 0 Å². The van der Waals surface area contributed by atoms with Gasteiger partial charge in [-0.3, -0.25) is 25.8 Å². The van der Waals surface area contributed by atoms with Crippen LogP contribution in [0.2, 0.25) is 0 Å². The molecule has 0 atom stereocenters. The number of thiocarbonyl (C=S) groups is 1. The summed E-state index contributed by atoms with van der Waals surface area (Å²) < 4.78 is 26.7. The topological polar surface area (TPSA) is 70.2 Å². The minimum atomic E-state index is -1.15. The summed E-state index contributed by atoms with van der Waals surface area (Å²) in [5, 5.41) is 2.03. The van der Waals surface area contributed by atoms with Crippen LogP contribution in [0.1, 0.15) is 20.7 Å². The first-order valence-corrected chi connectivity index (χ1v) is 7.69. The van der Waals surface area contributed by atoms with Gasteiger partial charge < -0.3 is 0 Å². The number of carbonyl (C=O) groups excluding carboxylic acids is 2. The van der Waals surface area contributed by atoms with Gasteiger partial charge in [0.2, 0.25) is 0 Å². The molecule has 24 heavy (non-hydrogen) atoms. The van der Waals surface area contributed by atoms with Crippen molar-refractivity contribution in [2.45, 2.75) is 0 Å². The van der Waals surface area contributed by atoms with E-state index in [0.29, 0.717) is 5.56 Å². The van der Waals surface area contributed by atoms with E-state index in [0.717, 1.165) is 22.7 Å². The van der Waals surface area contributed by atoms with E-state index >= 15 is 0 Å². The van der Waals surface area contributed by atoms with E-state index in [1.807, 2.05) is 0 Å². The van der Waals surface area contributed by atoms with Crippen molar-refractivity contribution in [2.75, 3.05) is 0 Å². The second-order valence-electron chi connectivity index (χ2n) is 4.50. The standard InChI is InChI=1S/C15H10BrF2N3O2S/c16-10-4-1-8(2-5-10)14(23)20-21-15(24)19-13(22)9-3-6-11(17)12(18)7-9/h1-7H,(H,20,23)(H2,19,21,22,24). The van der Waals surface area contributed by atoms with Crippen molar-refractivity contribution >= 4 is 45.1 Å². The van der Waals surface area contributed by atoms with E-state index in [9.17, 15) is 18.4 Å². The molecular formula is C15H10BrF2N3O2S. The Balaban J connectivity index is 1.88. The molecule has 0 spiro atoms. The van der Waals surface area contributed by atoms with Crippen LogP contribution in [-0.4, -0.2) is 16.9 Å². The Bertz CT molecular complexity index is 800. The maximum atomic E-state index is 13.1. The molecule has 0 saturated heterocycles. The molecule has 2 rings (SSSR count). The summed E-state index contributed by atoms with van der Waals surface area (Å²) in [6.07, 6.45) is 0. The molecule has 0 aliphatic rings. The lowest BCUT2D eigenvalue weighted by molar-refractivity contribution is 0.0934. The maximum Gasteiger partial charge on any atom is 0.269 e. The number of hydrogen-bond acceptors (Lipinski definition) is 3. The van der Waals surface area contributed by atoms with Gasteiger partial charge in [-0.05, 0) is 54.7 Å². The Morgan fingerprint density at radius 3 is 2.12 bits per heavy atom. The number of nitrogens with one attached hydrogen (secondary N) is 3. The highest BCUT2D eigenvalue weighted by Crippen LogP contribution is 2.10. The van der Waals surface area contributed by atoms with E-state index in [1.54, 1.807) is 24.3 Å². The van der Waals surface area contributed by atoms with Gasteiger partial charge in [0.15, 0.2) is 16.7 Å². The van der Waals surface area contributed by atoms with Gasteiger partial charge in [0.05, 0.1) is 0 Å². The van der Waals surface area contributed by atoms with Crippen molar-refractivity contribution in [1.29, 1.82) is 0 Å². The molecule has 0 unspecified atom stereocenters. The predicted molar refractivity (Wildman–Crippen MR) is 91.2 cm³/mol. The van der Waals surface area contributed by atoms with E-state index in [2.05, 4.69) is 32.1 Å². The van der Waals surface area contributed by atoms with Crippen molar-refractivity contribution < 1.29 is 18.4 Å². The second kappa shape index (κ2) is 7.93. The Hall–Kier alpha value is -2.39. The average Bonchev–Trinajstić information content (AvgIpc) is 2.55. The summed E-state index contributed by atoms with van der Waals surface area (Å²) in [5.41, 5.74) is 4.91. The van der Waals surface area contributed by atoms with Crippen molar-refractivity contribution in [3.05, 3.63) is 69.7 Å². The van der Waals surface area contributed by atoms with Crippen LogP contribution in [0.5, 0.6) is 0 Å². The summed E-state index contributed by atoms with van der Waals surface area (Å²) in [6.45, 7) is 0. The van der Waals surface area contributed by atoms with E-state index in [4.69, 9.17) is 12.2 Å². The van der Waals surface area contributed by atoms with E-state index < -0.39 is 23.4 Å². The van der Waals surface area contributed by atoms with Gasteiger partial charge >= 0.3 is 0 Å². The Kier molecular flexibility index (Phi) is 5.93. The summed E-state index contributed by atoms with van der Waals surface area (Å²) in [4.78, 5) is 23.7. The first-order chi connectivity index (χ1) is 11.4. The largest absolute Gasteiger partial charge is 0.298 e. The summed E-state index contributed by atoms with van der Waals surface area (Å²) in [7, 11) is 0. The molecule has 0 heterocycles. The highest BCUT2D eigenvalue weighted by Gasteiger charge is 2.12. The lowest BCUT2D eigenvalue weighted by atomic mass is 10.2. The van der Waals surface area contributed by atoms with Gasteiger partial charge in [0, 0.05) is 15.6 Å². The van der Waals surface area contributed by atoms with Crippen LogP contribution in [0.3, 0.4) is 0 Å². The van der Waals surface area contributed by atoms with Gasteiger partial charge in [-0.1, -0.05) is 15.9 Å². The Morgan fingerprint density at radius 2 is 1.50 bits per heavy atom. The molecule has 124 valence electrons. The number of hydrogen-bond donors (Lipinski definition) is 3. The maximum absolute atomic E-state index is 13.1. The number of benzene rings is 2. The minimum absolute atomic E-state index is 0.114. The molecule has 0 aliphatic heterocycles. The SMILES string of the molecule is O=C(NNC(=S)NC(=O)c1ccc(F)c(F)c1)c1ccc(Br)cc1. The van der Waals surface area contributed by atoms with Crippen LogP contribution in [-0.2, 0) is 0 Å². The molecule has 2 aromatic rings. The molecule has 0 aromatic heterocycles. The van der Waals surface area contributed by atoms with Crippen LogP contribution in [0.4, 0.5) is 8.78 Å². The van der Waals surface area contributed by atoms with Crippen LogP contribution in [0, 0.1) is 11.6 Å². The Morgan fingerprint density at radius 1 is 0.875 bits per heavy atom. The lowest BCUT2D eigenvalue weighted by Crippen LogP contribution is -2.48. The van der Waals surface area contributed by atoms with Crippen LogP contribution in [0.15, 0.2) is 46.9 Å². The first kappa shape index (κ1) is 18.0. The zero-order valence-electron chi connectivity index (χ0n) is 11.9. The quantitative estimate of drug-likeness (QED) is 0.522. The number of carbonyl (C=O) groups is 2. The van der Waals surface area contributed by atoms with Gasteiger partial charge in [-0.25, -0.2) is 8.78 Å². The number of rotatable bonds is 2. The molecule has 0 fully saturated rings. The zero-order valence-corrected chi connectivity index (χ0v) is 14.3. The first-order valence-electron chi connectivity index (χ1n) is 6.49. The molecule has 9 heteroatoms. The lowest BCUT2D eigenvalue weighted by Gasteiger charge is -2.11. The zero-order chi connectivity index (χ0) is 17.7. The van der Waals surface area contributed by atoms with E-state index in [1.165, 1.54) is 0 Å². The third-order valence-electron chi connectivity index (χ3n) is 2.80. The van der Waals surface area contributed by atoms with Crippen LogP contribution < -0.4 is 16.2 Å². The molecule has 3 N–H and O–H groups in total. The Labute approximate surface area is 149 Å². The summed E-state index contributed by atoms with van der Waals surface area (Å²) in [5.74, 6) is -3.42. The monoisotopic (exact) mass is 413 g/mol. The van der Waals surface area contributed by atoms with Gasteiger partial charge in [-0.15, -0.1) is 0 Å². The summed E-state index contributed by atoms with van der Waals surface area (Å²) in [6, 6.07) is 9.24. The van der Waals surface area contributed by atoms with Gasteiger partial charge in [0.1, 0.15) is 0 Å². The molecule has 2 amide bonds. The minimum Gasteiger partial charge on any atom is -0.298 e. The molecule has 0 bridgehead atoms. The molecule has 0 aliphatic carbocycles. The molecular weight excluding hydrogens is 404 g/mol. The molecule has 2 aromatic carbocycles. The highest BCUT2D eigenvalue weighted by atomic mass is 79.9. The predicted octanol–water partition coefficient (Wildman–Crippen LogP) is 2.68. The van der Waals surface area contributed by atoms with Crippen molar-refractivity contribution in [1.82, 2.24) is 16.2 Å². The number of halogens is 3. The average molecular weight is 414 g/mol. The van der Waals surface area contributed by atoms with Crippen molar-refractivity contribution in [3.8, 4) is 0 Å². The van der Waals surface area contributed by atoms with Crippen LogP contribution >= 0.6 is 28.1 Å². The third kappa shape index (κ3) is 4.80. The van der Waals surface area contributed by atoms with Gasteiger partial charge in [-0.2, -0.15) is 0 Å². The third-order valence-corrected chi connectivity index (χ3v) is 3.54. The number of amides is 2. The fourth-order valence-corrected chi connectivity index (χ4v) is 2.04. The van der Waals surface area contributed by atoms with Crippen molar-refractivity contribution in [3.63, 3.8) is 0 Å². The smallest absolute Gasteiger partial charge is 0.269 e. The second-order valence-corrected chi connectivity index (χ2v) is 5.82. The highest BCUT2D eigenvalue weighted by molar-refractivity contribution is 9.10. The molecule has 0 saturated carbocycles. The fraction of sp³-hybridized carbons (Fsp3) is 0. The fourth-order valence-electron chi connectivity index (χ4n) is 1.63. The summed E-state index contributed by atoms with van der Waals surface area (Å²) >= 11 is 8.09. The number of hydrazine groups is 1. The van der Waals surface area contributed by atoms with Gasteiger partial charge in [0.25, 0.3) is 11.8 Å². The van der Waals surface area contributed by atoms with Crippen molar-refractivity contribution in [2.24, 2.45) is 0 Å². The van der Waals surface area contributed by atoms with E-state index in [-0.39, 0.29) is 10.7 Å². The molecule has 5 nitrogen and oxygen atoms in total. The molecule has 0 radical (unpaired) electrons.